The minimum absolute atomic E-state index is 0. The molecular formula is C21H18Cl2N2O3. The Bertz CT molecular complexity index is 1250. The number of pyridine rings is 1. The van der Waals surface area contributed by atoms with Crippen LogP contribution in [-0.2, 0) is 0 Å². The van der Waals surface area contributed by atoms with E-state index in [1.807, 2.05) is 31.2 Å². The number of halogens is 2. The van der Waals surface area contributed by atoms with Crippen molar-refractivity contribution >= 4 is 45.7 Å². The van der Waals surface area contributed by atoms with Crippen molar-refractivity contribution in [3.05, 3.63) is 69.5 Å². The van der Waals surface area contributed by atoms with Crippen LogP contribution in [0, 0.1) is 0 Å². The second kappa shape index (κ2) is 7.36. The summed E-state index contributed by atoms with van der Waals surface area (Å²) in [5.74, 6) is -0.147. The molecule has 0 aliphatic rings. The maximum atomic E-state index is 12.5. The summed E-state index contributed by atoms with van der Waals surface area (Å²) < 4.78 is 0. The molecule has 28 heavy (non-hydrogen) atoms. The number of nitrogens with two attached hydrogens (primary N) is 1. The monoisotopic (exact) mass is 416 g/mol. The molecule has 0 amide bonds. The molecule has 1 atom stereocenters. The molecule has 0 aliphatic heterocycles. The average molecular weight is 417 g/mol. The second-order valence-electron chi connectivity index (χ2n) is 6.57. The third-order valence-electron chi connectivity index (χ3n) is 4.76. The number of fused-ring (bicyclic) bond motifs is 3. The first-order valence-corrected chi connectivity index (χ1v) is 8.81. The number of aromatic hydroxyl groups is 2. The molecule has 7 heteroatoms. The molecule has 0 saturated carbocycles. The van der Waals surface area contributed by atoms with Crippen molar-refractivity contribution < 1.29 is 10.2 Å². The Labute approximate surface area is 171 Å². The Morgan fingerprint density at radius 2 is 1.71 bits per heavy atom. The number of hydrogen-bond donors (Lipinski definition) is 4. The van der Waals surface area contributed by atoms with E-state index in [1.54, 1.807) is 12.1 Å². The lowest BCUT2D eigenvalue weighted by Crippen LogP contribution is -2.07. The van der Waals surface area contributed by atoms with Gasteiger partial charge in [0, 0.05) is 28.4 Å². The Morgan fingerprint density at radius 1 is 1.04 bits per heavy atom. The summed E-state index contributed by atoms with van der Waals surface area (Å²) in [6, 6.07) is 13.6. The van der Waals surface area contributed by atoms with E-state index in [2.05, 4.69) is 4.98 Å². The van der Waals surface area contributed by atoms with E-state index in [9.17, 15) is 15.0 Å². The van der Waals surface area contributed by atoms with Gasteiger partial charge >= 0.3 is 0 Å². The first-order chi connectivity index (χ1) is 12.9. The van der Waals surface area contributed by atoms with E-state index in [0.29, 0.717) is 21.9 Å². The Balaban J connectivity index is 0.00000225. The van der Waals surface area contributed by atoms with Crippen molar-refractivity contribution in [2.45, 2.75) is 13.0 Å². The van der Waals surface area contributed by atoms with Gasteiger partial charge in [0.05, 0.1) is 15.9 Å². The number of benzene rings is 3. The zero-order valence-electron chi connectivity index (χ0n) is 14.9. The van der Waals surface area contributed by atoms with Crippen LogP contribution in [0.2, 0.25) is 5.02 Å². The van der Waals surface area contributed by atoms with Crippen LogP contribution in [0.25, 0.3) is 32.8 Å². The number of aromatic amines is 1. The third kappa shape index (κ3) is 3.07. The zero-order valence-corrected chi connectivity index (χ0v) is 16.4. The van der Waals surface area contributed by atoms with Crippen LogP contribution in [0.4, 0.5) is 0 Å². The van der Waals surface area contributed by atoms with E-state index in [4.69, 9.17) is 17.3 Å². The lowest BCUT2D eigenvalue weighted by atomic mass is 9.94. The minimum atomic E-state index is -0.443. The number of phenolic OH excluding ortho intramolecular Hbond substituents is 2. The van der Waals surface area contributed by atoms with E-state index in [0.717, 1.165) is 11.1 Å². The smallest absolute Gasteiger partial charge is 0.260 e. The number of phenols is 2. The van der Waals surface area contributed by atoms with Gasteiger partial charge in [-0.1, -0.05) is 48.0 Å². The van der Waals surface area contributed by atoms with Gasteiger partial charge in [-0.2, -0.15) is 0 Å². The summed E-state index contributed by atoms with van der Waals surface area (Å²) in [4.78, 5) is 15.2. The molecule has 0 bridgehead atoms. The summed E-state index contributed by atoms with van der Waals surface area (Å²) in [5, 5.41) is 22.3. The van der Waals surface area contributed by atoms with Gasteiger partial charge in [-0.3, -0.25) is 4.79 Å². The summed E-state index contributed by atoms with van der Waals surface area (Å²) in [6.07, 6.45) is 0. The summed E-state index contributed by atoms with van der Waals surface area (Å²) in [7, 11) is 0. The molecule has 0 aliphatic carbocycles. The highest BCUT2D eigenvalue weighted by molar-refractivity contribution is 6.37. The van der Waals surface area contributed by atoms with Gasteiger partial charge in [-0.05, 0) is 24.1 Å². The highest BCUT2D eigenvalue weighted by atomic mass is 35.5. The molecule has 0 unspecified atom stereocenters. The molecule has 144 valence electrons. The molecule has 4 rings (SSSR count). The normalized spacial score (nSPS) is 12.1. The van der Waals surface area contributed by atoms with Gasteiger partial charge in [0.15, 0.2) is 0 Å². The van der Waals surface area contributed by atoms with Gasteiger partial charge in [0.2, 0.25) is 0 Å². The molecule has 0 saturated heterocycles. The Kier molecular flexibility index (Phi) is 5.26. The van der Waals surface area contributed by atoms with Crippen LogP contribution >= 0.6 is 24.0 Å². The fourth-order valence-corrected chi connectivity index (χ4v) is 3.68. The van der Waals surface area contributed by atoms with Crippen molar-refractivity contribution in [2.75, 3.05) is 0 Å². The first kappa shape index (κ1) is 20.0. The zero-order chi connectivity index (χ0) is 19.3. The van der Waals surface area contributed by atoms with Gasteiger partial charge in [-0.25, -0.2) is 0 Å². The summed E-state index contributed by atoms with van der Waals surface area (Å²) >= 11 is 6.29. The van der Waals surface area contributed by atoms with Crippen molar-refractivity contribution in [3.8, 4) is 22.6 Å². The molecule has 3 aromatic carbocycles. The Hall–Kier alpha value is -2.73. The number of H-pyrrole nitrogens is 1. The van der Waals surface area contributed by atoms with E-state index < -0.39 is 5.56 Å². The van der Waals surface area contributed by atoms with Crippen LogP contribution in [0.3, 0.4) is 0 Å². The predicted octanol–water partition coefficient (Wildman–Crippen LogP) is 4.85. The largest absolute Gasteiger partial charge is 0.507 e. The fraction of sp³-hybridized carbons (Fsp3) is 0.0952. The standard InChI is InChI=1S/C21H17ClN2O3.ClH/c1-10(23)11-5-7-12(8-6-11)17-16(26)9-14(22)20-19(17)13-3-2-4-15(25)18(13)21(27)24-20;/h2-10,25-26H,23H2,1H3,(H,24,27);1H/t10-;/m1./s1. The SMILES string of the molecule is C[C@@H](N)c1ccc(-c2c(O)cc(Cl)c3[nH]c(=O)c4c(O)cccc4c23)cc1.Cl. The lowest BCUT2D eigenvalue weighted by Gasteiger charge is -2.15. The molecule has 0 fully saturated rings. The van der Waals surface area contributed by atoms with Crippen LogP contribution in [0.1, 0.15) is 18.5 Å². The van der Waals surface area contributed by atoms with Crippen molar-refractivity contribution in [1.82, 2.24) is 4.98 Å². The van der Waals surface area contributed by atoms with Crippen LogP contribution in [-0.4, -0.2) is 15.2 Å². The maximum absolute atomic E-state index is 12.5. The van der Waals surface area contributed by atoms with Gasteiger partial charge in [0.1, 0.15) is 11.5 Å². The second-order valence-corrected chi connectivity index (χ2v) is 6.97. The molecule has 4 aromatic rings. The molecule has 0 spiro atoms. The first-order valence-electron chi connectivity index (χ1n) is 8.43. The molecule has 5 nitrogen and oxygen atoms in total. The number of hydrogen-bond acceptors (Lipinski definition) is 4. The van der Waals surface area contributed by atoms with E-state index in [1.165, 1.54) is 12.1 Å². The van der Waals surface area contributed by atoms with Crippen molar-refractivity contribution in [2.24, 2.45) is 5.73 Å². The minimum Gasteiger partial charge on any atom is -0.507 e. The van der Waals surface area contributed by atoms with Gasteiger partial charge in [-0.15, -0.1) is 12.4 Å². The molecular weight excluding hydrogens is 399 g/mol. The van der Waals surface area contributed by atoms with Crippen molar-refractivity contribution in [1.29, 1.82) is 0 Å². The van der Waals surface area contributed by atoms with E-state index >= 15 is 0 Å². The molecule has 5 N–H and O–H groups in total. The van der Waals surface area contributed by atoms with Crippen LogP contribution in [0.5, 0.6) is 11.5 Å². The number of aromatic nitrogens is 1. The molecule has 0 radical (unpaired) electrons. The van der Waals surface area contributed by atoms with Gasteiger partial charge < -0.3 is 20.9 Å². The topological polar surface area (TPSA) is 99.3 Å². The quantitative estimate of drug-likeness (QED) is 0.350. The third-order valence-corrected chi connectivity index (χ3v) is 5.06. The highest BCUT2D eigenvalue weighted by Crippen LogP contribution is 2.42. The van der Waals surface area contributed by atoms with Gasteiger partial charge in [0.25, 0.3) is 5.56 Å². The lowest BCUT2D eigenvalue weighted by molar-refractivity contribution is 0.478. The average Bonchev–Trinajstić information content (AvgIpc) is 2.63. The Morgan fingerprint density at radius 3 is 2.36 bits per heavy atom. The number of rotatable bonds is 2. The van der Waals surface area contributed by atoms with Crippen LogP contribution < -0.4 is 11.3 Å². The number of nitrogens with one attached hydrogen (secondary N) is 1. The predicted molar refractivity (Wildman–Crippen MR) is 116 cm³/mol. The molecule has 1 heterocycles. The summed E-state index contributed by atoms with van der Waals surface area (Å²) in [5.41, 5.74) is 8.12. The fourth-order valence-electron chi connectivity index (χ4n) is 3.44. The highest BCUT2D eigenvalue weighted by Gasteiger charge is 2.19. The van der Waals surface area contributed by atoms with Crippen LogP contribution in [0.15, 0.2) is 53.3 Å². The molecule has 1 aromatic heterocycles. The van der Waals surface area contributed by atoms with E-state index in [-0.39, 0.29) is 40.4 Å². The summed E-state index contributed by atoms with van der Waals surface area (Å²) in [6.45, 7) is 1.89. The maximum Gasteiger partial charge on any atom is 0.260 e. The van der Waals surface area contributed by atoms with Crippen molar-refractivity contribution in [3.63, 3.8) is 0 Å².